The standard InChI is InChI=1S/C16H14F3NO4S/c1-10(21)11-3-6-13(7-4-11)25(22,23)20-14-9-12(16(17,18)19)5-8-15(14)24-2/h3-9,20H,1-2H3. The molecule has 0 bridgehead atoms. The number of anilines is 1. The first kappa shape index (κ1) is 18.8. The molecule has 25 heavy (non-hydrogen) atoms. The van der Waals surface area contributed by atoms with E-state index in [-0.39, 0.29) is 22.1 Å². The Labute approximate surface area is 142 Å². The number of ketones is 1. The lowest BCUT2D eigenvalue weighted by Crippen LogP contribution is -2.15. The van der Waals surface area contributed by atoms with E-state index in [0.717, 1.165) is 12.1 Å². The molecule has 0 radical (unpaired) electrons. The number of ether oxygens (including phenoxy) is 1. The number of rotatable bonds is 5. The SMILES string of the molecule is COc1ccc(C(F)(F)F)cc1NS(=O)(=O)c1ccc(C(C)=O)cc1. The fourth-order valence-electron chi connectivity index (χ4n) is 2.04. The van der Waals surface area contributed by atoms with Crippen molar-refractivity contribution in [2.24, 2.45) is 0 Å². The molecule has 0 saturated heterocycles. The zero-order chi connectivity index (χ0) is 18.8. The van der Waals surface area contributed by atoms with E-state index in [2.05, 4.69) is 4.72 Å². The number of hydrogen-bond donors (Lipinski definition) is 1. The van der Waals surface area contributed by atoms with Gasteiger partial charge in [-0.25, -0.2) is 8.42 Å². The van der Waals surface area contributed by atoms with Gasteiger partial charge >= 0.3 is 6.18 Å². The van der Waals surface area contributed by atoms with E-state index < -0.39 is 21.8 Å². The van der Waals surface area contributed by atoms with Crippen molar-refractivity contribution >= 4 is 21.5 Å². The van der Waals surface area contributed by atoms with Crippen LogP contribution in [0, 0.1) is 0 Å². The summed E-state index contributed by atoms with van der Waals surface area (Å²) >= 11 is 0. The maximum atomic E-state index is 12.8. The maximum Gasteiger partial charge on any atom is 0.416 e. The van der Waals surface area contributed by atoms with E-state index in [0.29, 0.717) is 11.6 Å². The number of Topliss-reactive ketones (excluding diaryl/α,β-unsaturated/α-hetero) is 1. The third-order valence-corrected chi connectivity index (χ3v) is 4.72. The van der Waals surface area contributed by atoms with Crippen molar-refractivity contribution in [1.29, 1.82) is 0 Å². The van der Waals surface area contributed by atoms with Gasteiger partial charge in [0.05, 0.1) is 23.3 Å². The Morgan fingerprint density at radius 3 is 2.16 bits per heavy atom. The van der Waals surface area contributed by atoms with Gasteiger partial charge in [-0.15, -0.1) is 0 Å². The minimum Gasteiger partial charge on any atom is -0.495 e. The van der Waals surface area contributed by atoms with Crippen LogP contribution in [0.15, 0.2) is 47.4 Å². The van der Waals surface area contributed by atoms with Crippen molar-refractivity contribution in [2.75, 3.05) is 11.8 Å². The molecule has 0 aliphatic heterocycles. The second-order valence-corrected chi connectivity index (χ2v) is 6.78. The third-order valence-electron chi connectivity index (χ3n) is 3.34. The Morgan fingerprint density at radius 2 is 1.68 bits per heavy atom. The topological polar surface area (TPSA) is 72.5 Å². The minimum atomic E-state index is -4.63. The fourth-order valence-corrected chi connectivity index (χ4v) is 3.10. The van der Waals surface area contributed by atoms with Crippen molar-refractivity contribution in [3.63, 3.8) is 0 Å². The van der Waals surface area contributed by atoms with Gasteiger partial charge in [0, 0.05) is 5.56 Å². The molecule has 0 spiro atoms. The molecule has 0 atom stereocenters. The molecule has 0 unspecified atom stereocenters. The summed E-state index contributed by atoms with van der Waals surface area (Å²) < 4.78 is 70.2. The van der Waals surface area contributed by atoms with E-state index >= 15 is 0 Å². The predicted octanol–water partition coefficient (Wildman–Crippen LogP) is 3.72. The lowest BCUT2D eigenvalue weighted by atomic mass is 10.2. The van der Waals surface area contributed by atoms with Crippen LogP contribution in [0.2, 0.25) is 0 Å². The Balaban J connectivity index is 2.41. The smallest absolute Gasteiger partial charge is 0.416 e. The van der Waals surface area contributed by atoms with E-state index in [9.17, 15) is 26.4 Å². The molecule has 0 saturated carbocycles. The summed E-state index contributed by atoms with van der Waals surface area (Å²) in [5, 5.41) is 0. The van der Waals surface area contributed by atoms with Gasteiger partial charge in [0.15, 0.2) is 5.78 Å². The van der Waals surface area contributed by atoms with Gasteiger partial charge < -0.3 is 4.74 Å². The quantitative estimate of drug-likeness (QED) is 0.811. The molecule has 9 heteroatoms. The van der Waals surface area contributed by atoms with Gasteiger partial charge in [0.1, 0.15) is 5.75 Å². The highest BCUT2D eigenvalue weighted by Gasteiger charge is 2.31. The summed E-state index contributed by atoms with van der Waals surface area (Å²) in [4.78, 5) is 11.0. The highest BCUT2D eigenvalue weighted by Crippen LogP contribution is 2.35. The van der Waals surface area contributed by atoms with E-state index in [1.807, 2.05) is 0 Å². The molecule has 0 aromatic heterocycles. The van der Waals surface area contributed by atoms with Crippen LogP contribution in [0.5, 0.6) is 5.75 Å². The number of carbonyl (C=O) groups is 1. The Kier molecular flexibility index (Phi) is 5.07. The van der Waals surface area contributed by atoms with Crippen LogP contribution >= 0.6 is 0 Å². The second kappa shape index (κ2) is 6.75. The molecular formula is C16H14F3NO4S. The molecular weight excluding hydrogens is 359 g/mol. The number of methoxy groups -OCH3 is 1. The second-order valence-electron chi connectivity index (χ2n) is 5.10. The zero-order valence-electron chi connectivity index (χ0n) is 13.2. The number of halogens is 3. The molecule has 2 aromatic rings. The number of sulfonamides is 1. The van der Waals surface area contributed by atoms with Crippen LogP contribution in [0.3, 0.4) is 0 Å². The summed E-state index contributed by atoms with van der Waals surface area (Å²) in [6.45, 7) is 1.33. The number of nitrogens with one attached hydrogen (secondary N) is 1. The number of carbonyl (C=O) groups excluding carboxylic acids is 1. The first-order valence-corrected chi connectivity index (χ1v) is 8.42. The minimum absolute atomic E-state index is 0.0584. The average molecular weight is 373 g/mol. The van der Waals surface area contributed by atoms with Gasteiger partial charge in [0.25, 0.3) is 10.0 Å². The molecule has 0 fully saturated rings. The number of alkyl halides is 3. The summed E-state index contributed by atoms with van der Waals surface area (Å²) in [6.07, 6.45) is -4.63. The van der Waals surface area contributed by atoms with Gasteiger partial charge in [-0.05, 0) is 37.3 Å². The predicted molar refractivity (Wildman–Crippen MR) is 85.3 cm³/mol. The molecule has 0 amide bonds. The largest absolute Gasteiger partial charge is 0.495 e. The van der Waals surface area contributed by atoms with Crippen LogP contribution in [-0.2, 0) is 16.2 Å². The summed E-state index contributed by atoms with van der Waals surface area (Å²) in [7, 11) is -2.95. The molecule has 0 aliphatic rings. The number of hydrogen-bond acceptors (Lipinski definition) is 4. The first-order chi connectivity index (χ1) is 11.5. The monoisotopic (exact) mass is 373 g/mol. The van der Waals surface area contributed by atoms with Gasteiger partial charge in [-0.2, -0.15) is 13.2 Å². The molecule has 0 aliphatic carbocycles. The lowest BCUT2D eigenvalue weighted by molar-refractivity contribution is -0.137. The van der Waals surface area contributed by atoms with Gasteiger partial charge in [-0.1, -0.05) is 12.1 Å². The Hall–Kier alpha value is -2.55. The van der Waals surface area contributed by atoms with Crippen molar-refractivity contribution in [2.45, 2.75) is 18.0 Å². The normalized spacial score (nSPS) is 11.9. The van der Waals surface area contributed by atoms with Crippen LogP contribution in [0.25, 0.3) is 0 Å². The van der Waals surface area contributed by atoms with Gasteiger partial charge in [-0.3, -0.25) is 9.52 Å². The van der Waals surface area contributed by atoms with Crippen molar-refractivity contribution in [3.05, 3.63) is 53.6 Å². The first-order valence-electron chi connectivity index (χ1n) is 6.93. The van der Waals surface area contributed by atoms with Crippen LogP contribution in [-0.4, -0.2) is 21.3 Å². The summed E-state index contributed by atoms with van der Waals surface area (Å²) in [6, 6.07) is 7.50. The Morgan fingerprint density at radius 1 is 1.08 bits per heavy atom. The molecule has 2 rings (SSSR count). The lowest BCUT2D eigenvalue weighted by Gasteiger charge is -2.14. The van der Waals surface area contributed by atoms with E-state index in [1.165, 1.54) is 38.3 Å². The molecule has 134 valence electrons. The van der Waals surface area contributed by atoms with Crippen molar-refractivity contribution in [1.82, 2.24) is 0 Å². The van der Waals surface area contributed by atoms with Crippen LogP contribution in [0.4, 0.5) is 18.9 Å². The molecule has 2 aromatic carbocycles. The fraction of sp³-hybridized carbons (Fsp3) is 0.188. The molecule has 1 N–H and O–H groups in total. The van der Waals surface area contributed by atoms with E-state index in [1.54, 1.807) is 0 Å². The highest BCUT2D eigenvalue weighted by atomic mass is 32.2. The van der Waals surface area contributed by atoms with Gasteiger partial charge in [0.2, 0.25) is 0 Å². The van der Waals surface area contributed by atoms with Crippen molar-refractivity contribution in [3.8, 4) is 5.75 Å². The van der Waals surface area contributed by atoms with Crippen molar-refractivity contribution < 1.29 is 31.1 Å². The Bertz CT molecular complexity index is 891. The molecule has 0 heterocycles. The summed E-state index contributed by atoms with van der Waals surface area (Å²) in [5.41, 5.74) is -1.04. The zero-order valence-corrected chi connectivity index (χ0v) is 14.0. The van der Waals surface area contributed by atoms with Crippen LogP contribution < -0.4 is 9.46 Å². The average Bonchev–Trinajstić information content (AvgIpc) is 2.53. The van der Waals surface area contributed by atoms with E-state index in [4.69, 9.17) is 4.74 Å². The summed E-state index contributed by atoms with van der Waals surface area (Å²) in [5.74, 6) is -0.298. The highest BCUT2D eigenvalue weighted by molar-refractivity contribution is 7.92. The third kappa shape index (κ3) is 4.30. The molecule has 5 nitrogen and oxygen atoms in total. The number of benzene rings is 2. The van der Waals surface area contributed by atoms with Crippen LogP contribution in [0.1, 0.15) is 22.8 Å². The maximum absolute atomic E-state index is 12.8.